The van der Waals surface area contributed by atoms with Gasteiger partial charge >= 0.3 is 18.3 Å². The van der Waals surface area contributed by atoms with E-state index in [1.807, 2.05) is 0 Å². The lowest BCUT2D eigenvalue weighted by Crippen LogP contribution is -2.37. The molecule has 3 aromatic rings. The van der Waals surface area contributed by atoms with Gasteiger partial charge in [0, 0.05) is 13.2 Å². The standard InChI is InChI=1S/C18H20F3N7O2.C2HF3O2/c1-27-9-12(15(25-27)18(19,20)21)23-16(30)13-7-6-10-8-22-17(26-28(10)13)24-11-4-2-3-5-14(11)29;3-2(4,5)1(6)7/h6-9,11,14,29H,2-5H2,1H3,(H,23,30)(H,24,26);(H,6,7)/t11-,14+;/m1./s1. The molecule has 1 fully saturated rings. The van der Waals surface area contributed by atoms with Crippen LogP contribution in [0.2, 0.25) is 0 Å². The number of amides is 1. The zero-order chi connectivity index (χ0) is 27.5. The summed E-state index contributed by atoms with van der Waals surface area (Å²) in [5, 5.41) is 30.2. The molecular formula is C20H21F6N7O4. The average molecular weight is 537 g/mol. The predicted molar refractivity (Wildman–Crippen MR) is 115 cm³/mol. The Kier molecular flexibility index (Phi) is 7.94. The van der Waals surface area contributed by atoms with Crippen LogP contribution >= 0.6 is 0 Å². The molecule has 0 radical (unpaired) electrons. The summed E-state index contributed by atoms with van der Waals surface area (Å²) in [6, 6.07) is 2.83. The summed E-state index contributed by atoms with van der Waals surface area (Å²) >= 11 is 0. The Balaban J connectivity index is 0.000000479. The van der Waals surface area contributed by atoms with Gasteiger partial charge in [-0.2, -0.15) is 31.4 Å². The predicted octanol–water partition coefficient (Wildman–Crippen LogP) is 3.08. The number of nitrogens with one attached hydrogen (secondary N) is 2. The van der Waals surface area contributed by atoms with Crippen LogP contribution in [0.5, 0.6) is 0 Å². The van der Waals surface area contributed by atoms with Crippen LogP contribution < -0.4 is 10.6 Å². The molecule has 1 aliphatic carbocycles. The number of aliphatic hydroxyl groups is 1. The van der Waals surface area contributed by atoms with Crippen LogP contribution in [0.4, 0.5) is 38.0 Å². The summed E-state index contributed by atoms with van der Waals surface area (Å²) in [6.07, 6.45) is -4.35. The van der Waals surface area contributed by atoms with Crippen molar-refractivity contribution >= 4 is 29.0 Å². The fourth-order valence-corrected chi connectivity index (χ4v) is 3.56. The molecule has 1 saturated carbocycles. The number of aliphatic hydroxyl groups excluding tert-OH is 1. The average Bonchev–Trinajstić information content (AvgIpc) is 3.38. The maximum absolute atomic E-state index is 13.1. The quantitative estimate of drug-likeness (QED) is 0.372. The molecule has 0 aromatic carbocycles. The number of carbonyl (C=O) groups excluding carboxylic acids is 1. The van der Waals surface area contributed by atoms with Gasteiger partial charge < -0.3 is 20.8 Å². The zero-order valence-corrected chi connectivity index (χ0v) is 19.0. The summed E-state index contributed by atoms with van der Waals surface area (Å²) in [6.45, 7) is 0. The smallest absolute Gasteiger partial charge is 0.475 e. The third-order valence-corrected chi connectivity index (χ3v) is 5.26. The summed E-state index contributed by atoms with van der Waals surface area (Å²) < 4.78 is 73.4. The Bertz CT molecular complexity index is 1270. The van der Waals surface area contributed by atoms with Crippen molar-refractivity contribution in [1.82, 2.24) is 24.4 Å². The molecule has 1 amide bonds. The van der Waals surface area contributed by atoms with E-state index in [2.05, 4.69) is 25.8 Å². The van der Waals surface area contributed by atoms with Crippen molar-refractivity contribution < 1.29 is 46.1 Å². The number of fused-ring (bicyclic) bond motifs is 1. The van der Waals surface area contributed by atoms with Crippen LogP contribution in [0.15, 0.2) is 24.5 Å². The highest BCUT2D eigenvalue weighted by molar-refractivity contribution is 6.04. The number of halogens is 6. The van der Waals surface area contributed by atoms with Crippen LogP contribution in [0.25, 0.3) is 5.52 Å². The monoisotopic (exact) mass is 537 g/mol. The summed E-state index contributed by atoms with van der Waals surface area (Å²) in [5.41, 5.74) is -1.08. The number of hydrogen-bond donors (Lipinski definition) is 4. The van der Waals surface area contributed by atoms with Crippen molar-refractivity contribution in [2.45, 2.75) is 50.2 Å². The van der Waals surface area contributed by atoms with Crippen LogP contribution in [0, 0.1) is 0 Å². The molecule has 1 aliphatic rings. The molecule has 202 valence electrons. The summed E-state index contributed by atoms with van der Waals surface area (Å²) in [7, 11) is 1.34. The van der Waals surface area contributed by atoms with Gasteiger partial charge in [0.1, 0.15) is 5.69 Å². The summed E-state index contributed by atoms with van der Waals surface area (Å²) in [5.74, 6) is -3.31. The highest BCUT2D eigenvalue weighted by atomic mass is 19.4. The summed E-state index contributed by atoms with van der Waals surface area (Å²) in [4.78, 5) is 25.8. The van der Waals surface area contributed by atoms with Gasteiger partial charge in [0.25, 0.3) is 5.91 Å². The molecule has 37 heavy (non-hydrogen) atoms. The number of aromatic nitrogens is 5. The molecule has 0 aliphatic heterocycles. The number of aryl methyl sites for hydroxylation is 1. The van der Waals surface area contributed by atoms with Gasteiger partial charge in [-0.1, -0.05) is 12.8 Å². The van der Waals surface area contributed by atoms with Crippen molar-refractivity contribution in [3.8, 4) is 0 Å². The van der Waals surface area contributed by atoms with E-state index in [-0.39, 0.29) is 17.7 Å². The van der Waals surface area contributed by atoms with Gasteiger partial charge in [-0.25, -0.2) is 14.3 Å². The second-order valence-corrected chi connectivity index (χ2v) is 8.06. The molecule has 0 spiro atoms. The minimum absolute atomic E-state index is 0.0385. The number of carboxylic acids is 1. The first kappa shape index (κ1) is 27.7. The van der Waals surface area contributed by atoms with E-state index in [1.165, 1.54) is 23.8 Å². The van der Waals surface area contributed by atoms with Crippen molar-refractivity contribution in [3.63, 3.8) is 0 Å². The third kappa shape index (κ3) is 6.87. The lowest BCUT2D eigenvalue weighted by atomic mass is 9.93. The normalized spacial score (nSPS) is 18.2. The van der Waals surface area contributed by atoms with E-state index in [0.29, 0.717) is 11.9 Å². The highest BCUT2D eigenvalue weighted by Gasteiger charge is 2.38. The fraction of sp³-hybridized carbons (Fsp3) is 0.450. The molecule has 3 heterocycles. The number of aliphatic carboxylic acids is 1. The van der Waals surface area contributed by atoms with Gasteiger partial charge in [0.2, 0.25) is 5.95 Å². The Morgan fingerprint density at radius 3 is 2.32 bits per heavy atom. The SMILES string of the molecule is Cn1cc(NC(=O)c2ccc3cnc(N[C@@H]4CCCC[C@@H]4O)nn23)c(C(F)(F)F)n1.O=C(O)C(F)(F)F. The molecule has 0 unspecified atom stereocenters. The lowest BCUT2D eigenvalue weighted by Gasteiger charge is -2.28. The first-order valence-corrected chi connectivity index (χ1v) is 10.7. The highest BCUT2D eigenvalue weighted by Crippen LogP contribution is 2.33. The van der Waals surface area contributed by atoms with E-state index >= 15 is 0 Å². The van der Waals surface area contributed by atoms with E-state index in [0.717, 1.165) is 30.1 Å². The molecule has 11 nitrogen and oxygen atoms in total. The van der Waals surface area contributed by atoms with Crippen LogP contribution in [-0.2, 0) is 18.0 Å². The van der Waals surface area contributed by atoms with Crippen molar-refractivity contribution in [2.75, 3.05) is 10.6 Å². The topological polar surface area (TPSA) is 147 Å². The van der Waals surface area contributed by atoms with Crippen LogP contribution in [0.3, 0.4) is 0 Å². The van der Waals surface area contributed by atoms with E-state index < -0.39 is 41.7 Å². The van der Waals surface area contributed by atoms with Gasteiger partial charge in [-0.3, -0.25) is 9.48 Å². The number of anilines is 2. The largest absolute Gasteiger partial charge is 0.490 e. The molecule has 17 heteroatoms. The molecule has 4 N–H and O–H groups in total. The zero-order valence-electron chi connectivity index (χ0n) is 19.0. The van der Waals surface area contributed by atoms with Gasteiger partial charge in [0.05, 0.1) is 29.5 Å². The Labute approximate surface area is 204 Å². The van der Waals surface area contributed by atoms with Crippen molar-refractivity contribution in [2.24, 2.45) is 7.05 Å². The van der Waals surface area contributed by atoms with Crippen molar-refractivity contribution in [1.29, 1.82) is 0 Å². The second-order valence-electron chi connectivity index (χ2n) is 8.06. The molecule has 0 saturated heterocycles. The number of alkyl halides is 6. The van der Waals surface area contributed by atoms with Gasteiger partial charge in [0.15, 0.2) is 5.69 Å². The number of rotatable bonds is 4. The lowest BCUT2D eigenvalue weighted by molar-refractivity contribution is -0.192. The van der Waals surface area contributed by atoms with Crippen LogP contribution in [-0.4, -0.2) is 64.8 Å². The number of carboxylic acid groups (broad SMARTS) is 1. The number of carbonyl (C=O) groups is 2. The van der Waals surface area contributed by atoms with E-state index in [4.69, 9.17) is 9.90 Å². The molecule has 2 atom stereocenters. The minimum Gasteiger partial charge on any atom is -0.475 e. The Hall–Kier alpha value is -3.89. The maximum Gasteiger partial charge on any atom is 0.490 e. The van der Waals surface area contributed by atoms with Gasteiger partial charge in [-0.15, -0.1) is 5.10 Å². The van der Waals surface area contributed by atoms with E-state index in [9.17, 15) is 36.2 Å². The Morgan fingerprint density at radius 2 is 1.73 bits per heavy atom. The molecular weight excluding hydrogens is 516 g/mol. The number of hydrogen-bond acceptors (Lipinski definition) is 7. The molecule has 4 rings (SSSR count). The molecule has 3 aromatic heterocycles. The minimum atomic E-state index is -5.08. The first-order valence-electron chi connectivity index (χ1n) is 10.7. The van der Waals surface area contributed by atoms with Gasteiger partial charge in [-0.05, 0) is 25.0 Å². The first-order chi connectivity index (χ1) is 17.2. The third-order valence-electron chi connectivity index (χ3n) is 5.26. The van der Waals surface area contributed by atoms with Crippen LogP contribution in [0.1, 0.15) is 41.9 Å². The van der Waals surface area contributed by atoms with Crippen molar-refractivity contribution in [3.05, 3.63) is 35.9 Å². The Morgan fingerprint density at radius 1 is 1.08 bits per heavy atom. The molecule has 0 bridgehead atoms. The second kappa shape index (κ2) is 10.6. The number of nitrogens with zero attached hydrogens (tertiary/aromatic N) is 5. The maximum atomic E-state index is 13.1. The van der Waals surface area contributed by atoms with E-state index in [1.54, 1.807) is 6.07 Å². The fourth-order valence-electron chi connectivity index (χ4n) is 3.56.